The number of thioether (sulfide) groups is 1. The van der Waals surface area contributed by atoms with Crippen LogP contribution in [0, 0.1) is 0 Å². The van der Waals surface area contributed by atoms with Crippen molar-refractivity contribution in [1.82, 2.24) is 15.2 Å². The number of benzene rings is 1. The molecule has 0 radical (unpaired) electrons. The Bertz CT molecular complexity index is 1160. The molecule has 2 amide bonds. The first-order chi connectivity index (χ1) is 16.4. The molecule has 1 unspecified atom stereocenters. The van der Waals surface area contributed by atoms with Crippen molar-refractivity contribution in [2.24, 2.45) is 10.9 Å². The number of rotatable bonds is 9. The van der Waals surface area contributed by atoms with Gasteiger partial charge in [-0.05, 0) is 30.2 Å². The molecule has 1 aromatic heterocycles. The van der Waals surface area contributed by atoms with Gasteiger partial charge in [-0.3, -0.25) is 14.5 Å². The number of aliphatic carboxylic acids is 1. The highest BCUT2D eigenvalue weighted by atomic mass is 32.2. The fourth-order valence-electron chi connectivity index (χ4n) is 3.49. The van der Waals surface area contributed by atoms with Gasteiger partial charge < -0.3 is 26.7 Å². The molecule has 2 aliphatic rings. The zero-order valence-corrected chi connectivity index (χ0v) is 19.5. The summed E-state index contributed by atoms with van der Waals surface area (Å²) in [7, 11) is 0. The maximum atomic E-state index is 13.0. The summed E-state index contributed by atoms with van der Waals surface area (Å²) in [5, 5.41) is 17.2. The van der Waals surface area contributed by atoms with Gasteiger partial charge in [0.05, 0.1) is 0 Å². The van der Waals surface area contributed by atoms with Crippen LogP contribution in [-0.2, 0) is 32.2 Å². The molecule has 4 rings (SSSR count). The van der Waals surface area contributed by atoms with Crippen molar-refractivity contribution >= 4 is 51.7 Å². The number of anilines is 1. The number of fused-ring (bicyclic) bond motifs is 1. The molecule has 11 nitrogen and oxygen atoms in total. The Balaban J connectivity index is 1.46. The van der Waals surface area contributed by atoms with Gasteiger partial charge in [-0.2, -0.15) is 0 Å². The molecule has 34 heavy (non-hydrogen) atoms. The van der Waals surface area contributed by atoms with Gasteiger partial charge in [-0.1, -0.05) is 29.4 Å². The van der Waals surface area contributed by atoms with Gasteiger partial charge in [0.2, 0.25) is 0 Å². The first kappa shape index (κ1) is 23.7. The lowest BCUT2D eigenvalue weighted by atomic mass is 10.0. The van der Waals surface area contributed by atoms with Crippen molar-refractivity contribution in [2.75, 3.05) is 18.0 Å². The number of amides is 2. The van der Waals surface area contributed by atoms with E-state index in [-0.39, 0.29) is 28.8 Å². The molecule has 1 fully saturated rings. The van der Waals surface area contributed by atoms with E-state index < -0.39 is 29.2 Å². The average Bonchev–Trinajstić information content (AvgIpc) is 3.26. The van der Waals surface area contributed by atoms with Crippen LogP contribution >= 0.6 is 23.1 Å². The van der Waals surface area contributed by atoms with E-state index in [1.165, 1.54) is 22.7 Å². The van der Waals surface area contributed by atoms with E-state index in [4.69, 9.17) is 16.3 Å². The smallest absolute Gasteiger partial charge is 0.352 e. The van der Waals surface area contributed by atoms with Gasteiger partial charge >= 0.3 is 5.97 Å². The van der Waals surface area contributed by atoms with Crippen LogP contribution in [0.3, 0.4) is 0 Å². The number of carboxylic acid groups (broad SMARTS) is 1. The number of nitrogens with two attached hydrogens (primary N) is 2. The van der Waals surface area contributed by atoms with Gasteiger partial charge in [0, 0.05) is 11.1 Å². The molecule has 3 heterocycles. The third-order valence-corrected chi connectivity index (χ3v) is 7.03. The first-order valence-electron chi connectivity index (χ1n) is 10.3. The summed E-state index contributed by atoms with van der Waals surface area (Å²) in [5.41, 5.74) is 13.2. The predicted molar refractivity (Wildman–Crippen MR) is 128 cm³/mol. The van der Waals surface area contributed by atoms with E-state index in [1.807, 2.05) is 24.3 Å². The van der Waals surface area contributed by atoms with Crippen molar-refractivity contribution in [3.63, 3.8) is 0 Å². The SMILES string of the molecule is NCCc1ccc(CON=C(C(=O)NC2C(=O)N3C(C(=O)O)=CCS[C@@H]23)c2csc(N)n2)cc1. The third-order valence-electron chi connectivity index (χ3n) is 5.17. The van der Waals surface area contributed by atoms with Gasteiger partial charge in [0.25, 0.3) is 11.8 Å². The zero-order valence-electron chi connectivity index (χ0n) is 17.8. The number of carbonyl (C=O) groups is 3. The number of carboxylic acids is 1. The highest BCUT2D eigenvalue weighted by molar-refractivity contribution is 8.00. The Labute approximate surface area is 202 Å². The number of oxime groups is 1. The minimum Gasteiger partial charge on any atom is -0.477 e. The normalized spacial score (nSPS) is 19.7. The lowest BCUT2D eigenvalue weighted by Crippen LogP contribution is -2.70. The Morgan fingerprint density at radius 3 is 2.68 bits per heavy atom. The van der Waals surface area contributed by atoms with Gasteiger partial charge in [0.1, 0.15) is 29.4 Å². The first-order valence-corrected chi connectivity index (χ1v) is 12.2. The lowest BCUT2D eigenvalue weighted by Gasteiger charge is -2.48. The minimum atomic E-state index is -1.19. The number of β-lactam (4-membered cyclic amide) rings is 1. The molecule has 0 spiro atoms. The maximum Gasteiger partial charge on any atom is 0.352 e. The summed E-state index contributed by atoms with van der Waals surface area (Å²) in [5.74, 6) is -1.95. The maximum absolute atomic E-state index is 13.0. The Morgan fingerprint density at radius 1 is 1.29 bits per heavy atom. The molecule has 0 aliphatic carbocycles. The molecule has 2 atom stereocenters. The molecule has 1 saturated heterocycles. The molecule has 1 aromatic carbocycles. The number of aromatic nitrogens is 1. The van der Waals surface area contributed by atoms with Crippen LogP contribution in [-0.4, -0.2) is 62.2 Å². The second-order valence-corrected chi connectivity index (χ2v) is 9.46. The number of nitrogens with zero attached hydrogens (tertiary/aromatic N) is 3. The van der Waals surface area contributed by atoms with Crippen molar-refractivity contribution in [1.29, 1.82) is 0 Å². The number of nitrogens with one attached hydrogen (secondary N) is 1. The zero-order chi connectivity index (χ0) is 24.2. The molecule has 0 saturated carbocycles. The molecule has 178 valence electrons. The van der Waals surface area contributed by atoms with Crippen LogP contribution in [0.15, 0.2) is 46.6 Å². The molecule has 2 aliphatic heterocycles. The van der Waals surface area contributed by atoms with Crippen LogP contribution in [0.5, 0.6) is 0 Å². The van der Waals surface area contributed by atoms with Crippen LogP contribution in [0.1, 0.15) is 16.8 Å². The summed E-state index contributed by atoms with van der Waals surface area (Å²) >= 11 is 2.49. The molecule has 2 aromatic rings. The third kappa shape index (κ3) is 4.90. The van der Waals surface area contributed by atoms with Gasteiger partial charge in [-0.15, -0.1) is 23.1 Å². The van der Waals surface area contributed by atoms with E-state index >= 15 is 0 Å². The number of thiazole rings is 1. The van der Waals surface area contributed by atoms with Crippen molar-refractivity contribution in [2.45, 2.75) is 24.4 Å². The second kappa shape index (κ2) is 10.2. The van der Waals surface area contributed by atoms with Crippen molar-refractivity contribution in [3.05, 3.63) is 58.2 Å². The topological polar surface area (TPSA) is 173 Å². The number of nitrogen functional groups attached to an aromatic ring is 1. The van der Waals surface area contributed by atoms with Crippen LogP contribution in [0.2, 0.25) is 0 Å². The average molecular weight is 503 g/mol. The van der Waals surface area contributed by atoms with Gasteiger partial charge in [-0.25, -0.2) is 9.78 Å². The Hall–Kier alpha value is -3.42. The standard InChI is InChI=1S/C21H22N6O5S2/c22-7-5-11-1-3-12(4-2-11)9-32-26-15(13-10-34-21(23)24-13)17(28)25-16-18(29)27-14(20(30)31)6-8-33-19(16)27/h1-4,6,10,16,19H,5,7-9,22H2,(H2,23,24)(H,25,28)(H,30,31)/t16?,19-/m0/s1. The summed E-state index contributed by atoms with van der Waals surface area (Å²) in [4.78, 5) is 47.7. The summed E-state index contributed by atoms with van der Waals surface area (Å²) in [6.07, 6.45) is 2.25. The van der Waals surface area contributed by atoms with E-state index in [2.05, 4.69) is 15.5 Å². The summed E-state index contributed by atoms with van der Waals surface area (Å²) in [6.45, 7) is 0.671. The predicted octanol–water partition coefficient (Wildman–Crippen LogP) is 0.516. The monoisotopic (exact) mass is 502 g/mol. The number of hydrogen-bond donors (Lipinski definition) is 4. The Kier molecular flexibility index (Phi) is 7.14. The quantitative estimate of drug-likeness (QED) is 0.216. The second-order valence-electron chi connectivity index (χ2n) is 7.42. The van der Waals surface area contributed by atoms with Crippen LogP contribution in [0.25, 0.3) is 0 Å². The van der Waals surface area contributed by atoms with Crippen molar-refractivity contribution in [3.8, 4) is 0 Å². The van der Waals surface area contributed by atoms with Crippen LogP contribution in [0.4, 0.5) is 5.13 Å². The Morgan fingerprint density at radius 2 is 2.03 bits per heavy atom. The molecule has 6 N–H and O–H groups in total. The van der Waals surface area contributed by atoms with E-state index in [1.54, 1.807) is 5.38 Å². The molecule has 13 heteroatoms. The van der Waals surface area contributed by atoms with Crippen LogP contribution < -0.4 is 16.8 Å². The van der Waals surface area contributed by atoms with E-state index in [0.717, 1.165) is 28.9 Å². The minimum absolute atomic E-state index is 0.0822. The molecule has 0 bridgehead atoms. The fraction of sp³-hybridized carbons (Fsp3) is 0.286. The fourth-order valence-corrected chi connectivity index (χ4v) is 5.23. The van der Waals surface area contributed by atoms with E-state index in [9.17, 15) is 19.5 Å². The largest absolute Gasteiger partial charge is 0.477 e. The molecular formula is C21H22N6O5S2. The summed E-state index contributed by atoms with van der Waals surface area (Å²) in [6, 6.07) is 6.77. The highest BCUT2D eigenvalue weighted by Crippen LogP contribution is 2.37. The highest BCUT2D eigenvalue weighted by Gasteiger charge is 2.53. The summed E-state index contributed by atoms with van der Waals surface area (Å²) < 4.78 is 0. The van der Waals surface area contributed by atoms with Crippen molar-refractivity contribution < 1.29 is 24.3 Å². The number of hydrogen-bond acceptors (Lipinski definition) is 10. The van der Waals surface area contributed by atoms with E-state index in [0.29, 0.717) is 12.3 Å². The molecular weight excluding hydrogens is 480 g/mol. The number of carbonyl (C=O) groups excluding carboxylic acids is 2. The lowest BCUT2D eigenvalue weighted by molar-refractivity contribution is -0.150. The van der Waals surface area contributed by atoms with Gasteiger partial charge in [0.15, 0.2) is 10.8 Å².